The van der Waals surface area contributed by atoms with Crippen molar-refractivity contribution < 1.29 is 9.59 Å². The molecule has 0 unspecified atom stereocenters. The van der Waals surface area contributed by atoms with Crippen molar-refractivity contribution in [1.82, 2.24) is 10.6 Å². The highest BCUT2D eigenvalue weighted by Crippen LogP contribution is 2.16. The van der Waals surface area contributed by atoms with Gasteiger partial charge < -0.3 is 10.6 Å². The number of halogens is 1. The summed E-state index contributed by atoms with van der Waals surface area (Å²) < 4.78 is 0. The molecular weight excluding hydrogens is 240 g/mol. The van der Waals surface area contributed by atoms with Crippen molar-refractivity contribution in [2.75, 3.05) is 13.6 Å². The van der Waals surface area contributed by atoms with Gasteiger partial charge in [0.15, 0.2) is 0 Å². The molecule has 2 N–H and O–H groups in total. The average Bonchev–Trinajstić information content (AvgIpc) is 2.35. The second-order valence-corrected chi connectivity index (χ2v) is 3.95. The minimum atomic E-state index is -0.212. The average molecular weight is 255 g/mol. The Hall–Kier alpha value is -1.55. The summed E-state index contributed by atoms with van der Waals surface area (Å²) in [6, 6.07) is 7.40. The van der Waals surface area contributed by atoms with Crippen LogP contribution in [0.4, 0.5) is 0 Å². The topological polar surface area (TPSA) is 58.2 Å². The molecule has 17 heavy (non-hydrogen) atoms. The molecule has 0 aliphatic heterocycles. The van der Waals surface area contributed by atoms with E-state index in [1.807, 2.05) is 18.2 Å². The highest BCUT2D eigenvalue weighted by Gasteiger charge is 2.05. The summed E-state index contributed by atoms with van der Waals surface area (Å²) in [4.78, 5) is 22.3. The van der Waals surface area contributed by atoms with Crippen molar-refractivity contribution in [2.24, 2.45) is 0 Å². The zero-order valence-electron chi connectivity index (χ0n) is 9.63. The van der Waals surface area contributed by atoms with Crippen molar-refractivity contribution in [3.8, 4) is 0 Å². The molecule has 0 atom stereocenters. The minimum Gasteiger partial charge on any atom is -0.358 e. The lowest BCUT2D eigenvalue weighted by molar-refractivity contribution is -0.125. The molecule has 0 aliphatic rings. The Balaban J connectivity index is 2.34. The number of amides is 2. The quantitative estimate of drug-likeness (QED) is 0.828. The molecule has 0 saturated carbocycles. The number of aryl methyl sites for hydroxylation is 1. The molecule has 2 amide bonds. The van der Waals surface area contributed by atoms with E-state index in [0.29, 0.717) is 17.9 Å². The molecule has 0 aliphatic carbocycles. The zero-order valence-corrected chi connectivity index (χ0v) is 10.4. The number of hydrogen-bond acceptors (Lipinski definition) is 2. The first-order valence-electron chi connectivity index (χ1n) is 5.34. The molecular formula is C12H15ClN2O2. The van der Waals surface area contributed by atoms with Crippen LogP contribution in [0.5, 0.6) is 0 Å². The molecule has 0 heterocycles. The Labute approximate surface area is 105 Å². The fourth-order valence-corrected chi connectivity index (χ4v) is 1.54. The van der Waals surface area contributed by atoms with Gasteiger partial charge in [0, 0.05) is 18.5 Å². The molecule has 1 aromatic rings. The molecule has 0 aromatic heterocycles. The number of carbonyl (C=O) groups is 2. The predicted molar refractivity (Wildman–Crippen MR) is 66.8 cm³/mol. The van der Waals surface area contributed by atoms with Crippen LogP contribution in [0.2, 0.25) is 5.02 Å². The summed E-state index contributed by atoms with van der Waals surface area (Å²) in [5.74, 6) is -0.371. The standard InChI is InChI=1S/C12H15ClN2O2/c1-14-12(17)8-15-11(16)7-6-9-4-2-3-5-10(9)13/h2-5H,6-8H2,1H3,(H,14,17)(H,15,16). The maximum absolute atomic E-state index is 11.4. The number of nitrogens with one attached hydrogen (secondary N) is 2. The summed E-state index contributed by atoms with van der Waals surface area (Å²) in [5, 5.41) is 5.62. The second-order valence-electron chi connectivity index (χ2n) is 3.54. The lowest BCUT2D eigenvalue weighted by atomic mass is 10.1. The third-order valence-electron chi connectivity index (χ3n) is 2.30. The molecule has 92 valence electrons. The van der Waals surface area contributed by atoms with Gasteiger partial charge in [-0.3, -0.25) is 9.59 Å². The van der Waals surface area contributed by atoms with Gasteiger partial charge in [0.05, 0.1) is 6.54 Å². The van der Waals surface area contributed by atoms with E-state index in [9.17, 15) is 9.59 Å². The van der Waals surface area contributed by atoms with Crippen molar-refractivity contribution in [3.05, 3.63) is 34.9 Å². The van der Waals surface area contributed by atoms with E-state index < -0.39 is 0 Å². The molecule has 5 heteroatoms. The third-order valence-corrected chi connectivity index (χ3v) is 2.67. The molecule has 0 radical (unpaired) electrons. The van der Waals surface area contributed by atoms with Crippen molar-refractivity contribution in [3.63, 3.8) is 0 Å². The van der Waals surface area contributed by atoms with Crippen LogP contribution in [0.1, 0.15) is 12.0 Å². The Morgan fingerprint density at radius 2 is 1.94 bits per heavy atom. The Bertz CT molecular complexity index is 407. The summed E-state index contributed by atoms with van der Waals surface area (Å²) in [5.41, 5.74) is 0.934. The Morgan fingerprint density at radius 1 is 1.24 bits per heavy atom. The number of likely N-dealkylation sites (N-methyl/N-ethyl adjacent to an activating group) is 1. The molecule has 0 bridgehead atoms. The van der Waals surface area contributed by atoms with Crippen LogP contribution in [0.15, 0.2) is 24.3 Å². The van der Waals surface area contributed by atoms with Crippen LogP contribution >= 0.6 is 11.6 Å². The maximum atomic E-state index is 11.4. The fraction of sp³-hybridized carbons (Fsp3) is 0.333. The number of hydrogen-bond donors (Lipinski definition) is 2. The second kappa shape index (κ2) is 6.91. The van der Waals surface area contributed by atoms with Gasteiger partial charge in [-0.05, 0) is 18.1 Å². The van der Waals surface area contributed by atoms with E-state index in [4.69, 9.17) is 11.6 Å². The van der Waals surface area contributed by atoms with Gasteiger partial charge in [-0.25, -0.2) is 0 Å². The molecule has 4 nitrogen and oxygen atoms in total. The monoisotopic (exact) mass is 254 g/mol. The van der Waals surface area contributed by atoms with Gasteiger partial charge in [0.2, 0.25) is 11.8 Å². The number of rotatable bonds is 5. The van der Waals surface area contributed by atoms with Gasteiger partial charge in [0.25, 0.3) is 0 Å². The first kappa shape index (κ1) is 13.5. The maximum Gasteiger partial charge on any atom is 0.239 e. The largest absolute Gasteiger partial charge is 0.358 e. The van der Waals surface area contributed by atoms with Crippen LogP contribution in [0.25, 0.3) is 0 Å². The molecule has 1 rings (SSSR count). The van der Waals surface area contributed by atoms with E-state index in [1.165, 1.54) is 7.05 Å². The van der Waals surface area contributed by atoms with Crippen LogP contribution in [0.3, 0.4) is 0 Å². The fourth-order valence-electron chi connectivity index (χ4n) is 1.30. The number of carbonyl (C=O) groups excluding carboxylic acids is 2. The third kappa shape index (κ3) is 4.87. The van der Waals surface area contributed by atoms with E-state index in [1.54, 1.807) is 6.07 Å². The number of benzene rings is 1. The smallest absolute Gasteiger partial charge is 0.239 e. The molecule has 1 aromatic carbocycles. The van der Waals surface area contributed by atoms with Crippen molar-refractivity contribution >= 4 is 23.4 Å². The summed E-state index contributed by atoms with van der Waals surface area (Å²) in [6.07, 6.45) is 0.889. The zero-order chi connectivity index (χ0) is 12.7. The SMILES string of the molecule is CNC(=O)CNC(=O)CCc1ccccc1Cl. The van der Waals surface area contributed by atoms with Gasteiger partial charge in [-0.2, -0.15) is 0 Å². The molecule has 0 fully saturated rings. The van der Waals surface area contributed by atoms with E-state index >= 15 is 0 Å². The first-order valence-corrected chi connectivity index (χ1v) is 5.72. The van der Waals surface area contributed by atoms with Gasteiger partial charge >= 0.3 is 0 Å². The lowest BCUT2D eigenvalue weighted by Crippen LogP contribution is -2.35. The van der Waals surface area contributed by atoms with E-state index in [2.05, 4.69) is 10.6 Å². The van der Waals surface area contributed by atoms with Crippen molar-refractivity contribution in [2.45, 2.75) is 12.8 Å². The summed E-state index contributed by atoms with van der Waals surface area (Å²) >= 11 is 5.96. The van der Waals surface area contributed by atoms with E-state index in [-0.39, 0.29) is 18.4 Å². The van der Waals surface area contributed by atoms with E-state index in [0.717, 1.165) is 5.56 Å². The summed E-state index contributed by atoms with van der Waals surface area (Å²) in [6.45, 7) is 0.0118. The Morgan fingerprint density at radius 3 is 2.59 bits per heavy atom. The minimum absolute atomic E-state index is 0.0118. The Kier molecular flexibility index (Phi) is 5.49. The first-order chi connectivity index (χ1) is 8.13. The van der Waals surface area contributed by atoms with Crippen molar-refractivity contribution in [1.29, 1.82) is 0 Å². The molecule has 0 saturated heterocycles. The van der Waals surface area contributed by atoms with Gasteiger partial charge in [-0.1, -0.05) is 29.8 Å². The highest BCUT2D eigenvalue weighted by molar-refractivity contribution is 6.31. The van der Waals surface area contributed by atoms with Crippen LogP contribution in [-0.4, -0.2) is 25.4 Å². The highest BCUT2D eigenvalue weighted by atomic mass is 35.5. The van der Waals surface area contributed by atoms with Crippen LogP contribution in [-0.2, 0) is 16.0 Å². The van der Waals surface area contributed by atoms with Gasteiger partial charge in [-0.15, -0.1) is 0 Å². The lowest BCUT2D eigenvalue weighted by Gasteiger charge is -2.05. The normalized spacial score (nSPS) is 9.76. The van der Waals surface area contributed by atoms with Crippen LogP contribution in [0, 0.1) is 0 Å². The predicted octanol–water partition coefficient (Wildman–Crippen LogP) is 1.13. The van der Waals surface area contributed by atoms with Crippen LogP contribution < -0.4 is 10.6 Å². The summed E-state index contributed by atoms with van der Waals surface area (Å²) in [7, 11) is 1.53. The molecule has 0 spiro atoms. The van der Waals surface area contributed by atoms with Gasteiger partial charge in [0.1, 0.15) is 0 Å².